The Morgan fingerprint density at radius 3 is 2.39 bits per heavy atom. The molecular formula is C24H33N3O6. The van der Waals surface area contributed by atoms with E-state index in [1.54, 1.807) is 23.1 Å². The summed E-state index contributed by atoms with van der Waals surface area (Å²) in [6, 6.07) is 4.37. The lowest BCUT2D eigenvalue weighted by Crippen LogP contribution is -2.56. The molecule has 2 fully saturated rings. The lowest BCUT2D eigenvalue weighted by Gasteiger charge is -2.38. The average Bonchev–Trinajstić information content (AvgIpc) is 3.30. The molecule has 2 saturated heterocycles. The maximum absolute atomic E-state index is 13.4. The molecule has 0 aromatic heterocycles. The van der Waals surface area contributed by atoms with E-state index in [1.807, 2.05) is 18.7 Å². The van der Waals surface area contributed by atoms with Crippen LogP contribution in [0, 0.1) is 11.8 Å². The quantitative estimate of drug-likeness (QED) is 0.695. The summed E-state index contributed by atoms with van der Waals surface area (Å²) in [4.78, 5) is 42.7. The number of hydrogen-bond acceptors (Lipinski definition) is 6. The van der Waals surface area contributed by atoms with Gasteiger partial charge in [-0.05, 0) is 42.9 Å². The standard InChI is InChI=1S/C24H33N3O6/c1-16(2)13-21(28)26-7-5-17(6-8-26)22(24(30)27-9-11-31-12-10-27)25-23(29)18-3-4-19-20(14-18)33-15-32-19/h3-4,14,16-17,22H,5-13,15H2,1-2H3,(H,25,29). The van der Waals surface area contributed by atoms with Crippen LogP contribution in [-0.2, 0) is 14.3 Å². The Hall–Kier alpha value is -2.81. The fourth-order valence-electron chi connectivity index (χ4n) is 4.58. The Labute approximate surface area is 194 Å². The number of piperidine rings is 1. The van der Waals surface area contributed by atoms with Gasteiger partial charge in [0.2, 0.25) is 18.6 Å². The number of carbonyl (C=O) groups excluding carboxylic acids is 3. The van der Waals surface area contributed by atoms with E-state index in [0.717, 1.165) is 0 Å². The molecule has 0 aliphatic carbocycles. The first-order chi connectivity index (χ1) is 15.9. The van der Waals surface area contributed by atoms with Crippen LogP contribution in [-0.4, -0.2) is 79.7 Å². The third-order valence-corrected chi connectivity index (χ3v) is 6.46. The maximum Gasteiger partial charge on any atom is 0.252 e. The second-order valence-corrected chi connectivity index (χ2v) is 9.27. The van der Waals surface area contributed by atoms with Gasteiger partial charge >= 0.3 is 0 Å². The lowest BCUT2D eigenvalue weighted by atomic mass is 9.87. The second-order valence-electron chi connectivity index (χ2n) is 9.27. The lowest BCUT2D eigenvalue weighted by molar-refractivity contribution is -0.139. The summed E-state index contributed by atoms with van der Waals surface area (Å²) in [7, 11) is 0. The van der Waals surface area contributed by atoms with E-state index in [-0.39, 0.29) is 30.4 Å². The number of nitrogens with one attached hydrogen (secondary N) is 1. The van der Waals surface area contributed by atoms with E-state index in [0.29, 0.717) is 81.6 Å². The highest BCUT2D eigenvalue weighted by atomic mass is 16.7. The zero-order valence-corrected chi connectivity index (χ0v) is 19.4. The van der Waals surface area contributed by atoms with Gasteiger partial charge in [-0.3, -0.25) is 14.4 Å². The van der Waals surface area contributed by atoms with E-state index in [4.69, 9.17) is 14.2 Å². The number of benzene rings is 1. The number of likely N-dealkylation sites (tertiary alicyclic amines) is 1. The zero-order valence-electron chi connectivity index (χ0n) is 19.4. The molecule has 180 valence electrons. The molecule has 9 heteroatoms. The first kappa shape index (κ1) is 23.4. The van der Waals surface area contributed by atoms with Gasteiger partial charge in [-0.25, -0.2) is 0 Å². The van der Waals surface area contributed by atoms with Gasteiger partial charge in [0.1, 0.15) is 6.04 Å². The third-order valence-electron chi connectivity index (χ3n) is 6.46. The molecule has 3 aliphatic heterocycles. The minimum Gasteiger partial charge on any atom is -0.454 e. The smallest absolute Gasteiger partial charge is 0.252 e. The number of carbonyl (C=O) groups is 3. The number of fused-ring (bicyclic) bond motifs is 1. The first-order valence-corrected chi connectivity index (χ1v) is 11.8. The van der Waals surface area contributed by atoms with E-state index in [9.17, 15) is 14.4 Å². The Balaban J connectivity index is 1.46. The molecule has 0 bridgehead atoms. The summed E-state index contributed by atoms with van der Waals surface area (Å²) in [5.74, 6) is 1.15. The van der Waals surface area contributed by atoms with Crippen LogP contribution in [0.25, 0.3) is 0 Å². The monoisotopic (exact) mass is 459 g/mol. The predicted molar refractivity (Wildman–Crippen MR) is 120 cm³/mol. The molecule has 3 aliphatic rings. The van der Waals surface area contributed by atoms with E-state index in [1.165, 1.54) is 0 Å². The van der Waals surface area contributed by atoms with Gasteiger partial charge in [0.05, 0.1) is 13.2 Å². The largest absolute Gasteiger partial charge is 0.454 e. The Morgan fingerprint density at radius 1 is 1.00 bits per heavy atom. The number of nitrogens with zero attached hydrogens (tertiary/aromatic N) is 2. The van der Waals surface area contributed by atoms with Crippen LogP contribution in [0.3, 0.4) is 0 Å². The molecule has 3 amide bonds. The zero-order chi connectivity index (χ0) is 23.4. The summed E-state index contributed by atoms with van der Waals surface area (Å²) in [5.41, 5.74) is 0.420. The van der Waals surface area contributed by atoms with Crippen molar-refractivity contribution in [2.75, 3.05) is 46.2 Å². The highest BCUT2D eigenvalue weighted by molar-refractivity contribution is 5.98. The molecule has 1 aromatic rings. The minimum absolute atomic E-state index is 0.0404. The number of ether oxygens (including phenoxy) is 3. The SMILES string of the molecule is CC(C)CC(=O)N1CCC(C(NC(=O)c2ccc3c(c2)OCO3)C(=O)N2CCOCC2)CC1. The third kappa shape index (κ3) is 5.58. The van der Waals surface area contributed by atoms with Crippen LogP contribution in [0.1, 0.15) is 43.5 Å². The van der Waals surface area contributed by atoms with E-state index in [2.05, 4.69) is 5.32 Å². The molecular weight excluding hydrogens is 426 g/mol. The summed E-state index contributed by atoms with van der Waals surface area (Å²) in [6.45, 7) is 7.43. The van der Waals surface area contributed by atoms with Gasteiger partial charge in [-0.1, -0.05) is 13.8 Å². The van der Waals surface area contributed by atoms with Gasteiger partial charge in [-0.2, -0.15) is 0 Å². The van der Waals surface area contributed by atoms with Crippen molar-refractivity contribution in [2.45, 2.75) is 39.2 Å². The average molecular weight is 460 g/mol. The fraction of sp³-hybridized carbons (Fsp3) is 0.625. The van der Waals surface area contributed by atoms with Crippen molar-refractivity contribution >= 4 is 17.7 Å². The Morgan fingerprint density at radius 2 is 1.70 bits per heavy atom. The predicted octanol–water partition coefficient (Wildman–Crippen LogP) is 1.66. The summed E-state index contributed by atoms with van der Waals surface area (Å²) < 4.78 is 16.1. The molecule has 0 radical (unpaired) electrons. The molecule has 33 heavy (non-hydrogen) atoms. The maximum atomic E-state index is 13.4. The molecule has 1 N–H and O–H groups in total. The van der Waals surface area contributed by atoms with Crippen LogP contribution >= 0.6 is 0 Å². The summed E-state index contributed by atoms with van der Waals surface area (Å²) in [6.07, 6.45) is 1.87. The second kappa shape index (κ2) is 10.4. The van der Waals surface area contributed by atoms with E-state index >= 15 is 0 Å². The van der Waals surface area contributed by atoms with Crippen molar-refractivity contribution in [3.63, 3.8) is 0 Å². The molecule has 1 unspecified atom stereocenters. The van der Waals surface area contributed by atoms with E-state index < -0.39 is 6.04 Å². The van der Waals surface area contributed by atoms with Crippen LogP contribution in [0.4, 0.5) is 0 Å². The summed E-state index contributed by atoms with van der Waals surface area (Å²) >= 11 is 0. The highest BCUT2D eigenvalue weighted by Gasteiger charge is 2.36. The van der Waals surface area contributed by atoms with Gasteiger partial charge in [0.15, 0.2) is 11.5 Å². The topological polar surface area (TPSA) is 97.4 Å². The molecule has 0 saturated carbocycles. The molecule has 4 rings (SSSR count). The summed E-state index contributed by atoms with van der Waals surface area (Å²) in [5, 5.41) is 3.00. The van der Waals surface area contributed by atoms with Crippen molar-refractivity contribution in [2.24, 2.45) is 11.8 Å². The molecule has 1 atom stereocenters. The van der Waals surface area contributed by atoms with Gasteiger partial charge < -0.3 is 29.3 Å². The van der Waals surface area contributed by atoms with Crippen molar-refractivity contribution in [1.82, 2.24) is 15.1 Å². The molecule has 3 heterocycles. The molecule has 0 spiro atoms. The van der Waals surface area contributed by atoms with Gasteiger partial charge in [0, 0.05) is 38.2 Å². The van der Waals surface area contributed by atoms with Gasteiger partial charge in [-0.15, -0.1) is 0 Å². The molecule has 9 nitrogen and oxygen atoms in total. The minimum atomic E-state index is -0.650. The fourth-order valence-corrected chi connectivity index (χ4v) is 4.58. The first-order valence-electron chi connectivity index (χ1n) is 11.8. The Kier molecular flexibility index (Phi) is 7.37. The highest BCUT2D eigenvalue weighted by Crippen LogP contribution is 2.32. The van der Waals surface area contributed by atoms with Crippen LogP contribution in [0.15, 0.2) is 18.2 Å². The van der Waals surface area contributed by atoms with Crippen LogP contribution in [0.5, 0.6) is 11.5 Å². The van der Waals surface area contributed by atoms with Crippen molar-refractivity contribution in [1.29, 1.82) is 0 Å². The number of morpholine rings is 1. The van der Waals surface area contributed by atoms with Crippen molar-refractivity contribution in [3.8, 4) is 11.5 Å². The normalized spacial score (nSPS) is 19.5. The van der Waals surface area contributed by atoms with Gasteiger partial charge in [0.25, 0.3) is 5.91 Å². The van der Waals surface area contributed by atoms with Crippen molar-refractivity contribution < 1.29 is 28.6 Å². The van der Waals surface area contributed by atoms with Crippen LogP contribution < -0.4 is 14.8 Å². The number of hydrogen-bond donors (Lipinski definition) is 1. The van der Waals surface area contributed by atoms with Crippen LogP contribution in [0.2, 0.25) is 0 Å². The number of rotatable bonds is 6. The molecule has 1 aromatic carbocycles. The Bertz CT molecular complexity index is 875. The number of amides is 3. The van der Waals surface area contributed by atoms with Crippen molar-refractivity contribution in [3.05, 3.63) is 23.8 Å².